The summed E-state index contributed by atoms with van der Waals surface area (Å²) in [4.78, 5) is 35.0. The highest BCUT2D eigenvalue weighted by Crippen LogP contribution is 2.41. The van der Waals surface area contributed by atoms with E-state index in [0.29, 0.717) is 30.0 Å². The summed E-state index contributed by atoms with van der Waals surface area (Å²) in [6, 6.07) is 0. The largest absolute Gasteiger partial charge is 0.507 e. The van der Waals surface area contributed by atoms with E-state index in [9.17, 15) is 19.5 Å². The smallest absolute Gasteiger partial charge is 0.308 e. The summed E-state index contributed by atoms with van der Waals surface area (Å²) >= 11 is 6.31. The molecule has 0 spiro atoms. The van der Waals surface area contributed by atoms with Gasteiger partial charge in [0.05, 0.1) is 10.6 Å². The number of esters is 1. The predicted octanol–water partition coefficient (Wildman–Crippen LogP) is 5.39. The van der Waals surface area contributed by atoms with Crippen molar-refractivity contribution >= 4 is 29.6 Å². The number of aromatic hydroxyl groups is 1. The van der Waals surface area contributed by atoms with E-state index < -0.39 is 5.97 Å². The van der Waals surface area contributed by atoms with Crippen molar-refractivity contribution in [2.75, 3.05) is 0 Å². The summed E-state index contributed by atoms with van der Waals surface area (Å²) < 4.78 is 5.23. The molecule has 0 amide bonds. The number of benzene rings is 1. The van der Waals surface area contributed by atoms with Gasteiger partial charge in [0.1, 0.15) is 11.5 Å². The van der Waals surface area contributed by atoms with Crippen molar-refractivity contribution in [2.45, 2.75) is 53.9 Å². The lowest BCUT2D eigenvalue weighted by molar-refractivity contribution is -0.132. The minimum atomic E-state index is -0.568. The third kappa shape index (κ3) is 5.20. The molecule has 1 aromatic rings. The number of carbonyl (C=O) groups is 3. The van der Waals surface area contributed by atoms with Gasteiger partial charge in [-0.1, -0.05) is 49.2 Å². The van der Waals surface area contributed by atoms with Crippen LogP contribution in [0.1, 0.15) is 62.0 Å². The van der Waals surface area contributed by atoms with Crippen molar-refractivity contribution in [1.29, 1.82) is 0 Å². The molecule has 1 aliphatic rings. The average molecular weight is 433 g/mol. The zero-order valence-electron chi connectivity index (χ0n) is 18.1. The molecule has 0 radical (unpaired) electrons. The van der Waals surface area contributed by atoms with Crippen molar-refractivity contribution < 1.29 is 24.2 Å². The number of ether oxygens (including phenoxy) is 1. The first-order chi connectivity index (χ1) is 14.1. The van der Waals surface area contributed by atoms with Crippen LogP contribution in [-0.4, -0.2) is 23.1 Å². The van der Waals surface area contributed by atoms with Gasteiger partial charge >= 0.3 is 5.97 Å². The van der Waals surface area contributed by atoms with Crippen LogP contribution in [-0.2, 0) is 16.0 Å². The molecule has 0 aliphatic heterocycles. The minimum absolute atomic E-state index is 0.00321. The number of hydrogen-bond donors (Lipinski definition) is 1. The monoisotopic (exact) mass is 432 g/mol. The highest BCUT2D eigenvalue weighted by Gasteiger charge is 2.31. The van der Waals surface area contributed by atoms with Crippen LogP contribution in [0.2, 0.25) is 5.02 Å². The van der Waals surface area contributed by atoms with Gasteiger partial charge in [0.15, 0.2) is 12.0 Å². The van der Waals surface area contributed by atoms with Gasteiger partial charge in [-0.2, -0.15) is 0 Å². The van der Waals surface area contributed by atoms with Gasteiger partial charge in [0.25, 0.3) is 0 Å². The second-order valence-corrected chi connectivity index (χ2v) is 8.46. The summed E-state index contributed by atoms with van der Waals surface area (Å²) in [7, 11) is 0. The number of phenols is 1. The number of carbonyl (C=O) groups excluding carboxylic acids is 3. The van der Waals surface area contributed by atoms with E-state index in [2.05, 4.69) is 13.0 Å². The zero-order chi connectivity index (χ0) is 22.6. The summed E-state index contributed by atoms with van der Waals surface area (Å²) in [5, 5.41) is 10.7. The Bertz CT molecular complexity index is 913. The summed E-state index contributed by atoms with van der Waals surface area (Å²) in [6.45, 7) is 8.88. The Morgan fingerprint density at radius 1 is 1.30 bits per heavy atom. The lowest BCUT2D eigenvalue weighted by Gasteiger charge is -2.31. The predicted molar refractivity (Wildman–Crippen MR) is 117 cm³/mol. The fourth-order valence-electron chi connectivity index (χ4n) is 3.90. The molecule has 30 heavy (non-hydrogen) atoms. The molecule has 6 heteroatoms. The van der Waals surface area contributed by atoms with E-state index in [4.69, 9.17) is 16.3 Å². The molecule has 2 rings (SSSR count). The third-order valence-electron chi connectivity index (χ3n) is 5.91. The lowest BCUT2D eigenvalue weighted by atomic mass is 9.72. The van der Waals surface area contributed by atoms with Crippen LogP contribution in [0.25, 0.3) is 0 Å². The Labute approximate surface area is 182 Å². The Hall–Kier alpha value is -2.40. The van der Waals surface area contributed by atoms with Crippen LogP contribution < -0.4 is 4.74 Å². The number of aldehydes is 1. The Morgan fingerprint density at radius 3 is 2.57 bits per heavy atom. The maximum Gasteiger partial charge on any atom is 0.308 e. The van der Waals surface area contributed by atoms with Crippen molar-refractivity contribution in [3.8, 4) is 11.5 Å². The molecule has 3 atom stereocenters. The minimum Gasteiger partial charge on any atom is -0.507 e. The molecule has 1 saturated carbocycles. The second-order valence-electron chi connectivity index (χ2n) is 8.08. The molecule has 162 valence electrons. The zero-order valence-corrected chi connectivity index (χ0v) is 18.9. The number of hydrogen-bond acceptors (Lipinski definition) is 5. The molecule has 1 aliphatic carbocycles. The standard InChI is InChI=1S/C24H29ClO5/c1-13(6-9-18-14(2)8-11-21(28)15(18)3)7-10-19-23(29)20(12-26)16(4)22(25)24(19)30-17(5)27/h6-7,9,12,14-15,18,29H,8,10-11H2,1-5H3/b9-6+,13-7-. The molecule has 1 fully saturated rings. The first kappa shape index (κ1) is 23.9. The molecule has 1 aromatic carbocycles. The van der Waals surface area contributed by atoms with Gasteiger partial charge in [-0.3, -0.25) is 14.4 Å². The van der Waals surface area contributed by atoms with E-state index in [1.54, 1.807) is 6.92 Å². The van der Waals surface area contributed by atoms with E-state index in [1.165, 1.54) is 6.92 Å². The van der Waals surface area contributed by atoms with Crippen LogP contribution in [0.15, 0.2) is 23.8 Å². The van der Waals surface area contributed by atoms with Gasteiger partial charge in [-0.25, -0.2) is 0 Å². The quantitative estimate of drug-likeness (QED) is 0.282. The Balaban J connectivity index is 2.33. The molecule has 0 heterocycles. The molecular weight excluding hydrogens is 404 g/mol. The maximum absolute atomic E-state index is 12.0. The van der Waals surface area contributed by atoms with E-state index in [-0.39, 0.29) is 45.9 Å². The molecule has 0 saturated heterocycles. The molecular formula is C24H29ClO5. The Morgan fingerprint density at radius 2 is 1.97 bits per heavy atom. The topological polar surface area (TPSA) is 80.7 Å². The summed E-state index contributed by atoms with van der Waals surface area (Å²) in [5.41, 5.74) is 1.64. The summed E-state index contributed by atoms with van der Waals surface area (Å²) in [6.07, 6.45) is 8.21. The Kier molecular flexibility index (Phi) is 8.02. The average Bonchev–Trinajstić information content (AvgIpc) is 2.68. The van der Waals surface area contributed by atoms with Crippen LogP contribution in [0, 0.1) is 24.7 Å². The number of allylic oxidation sites excluding steroid dienone is 4. The van der Waals surface area contributed by atoms with Gasteiger partial charge in [0, 0.05) is 24.8 Å². The second kappa shape index (κ2) is 10.1. The maximum atomic E-state index is 12.0. The number of phenolic OH excluding ortho intramolecular Hbond substituents is 1. The number of rotatable bonds is 6. The summed E-state index contributed by atoms with van der Waals surface area (Å²) in [5.74, 6) is 0.192. The van der Waals surface area contributed by atoms with Gasteiger partial charge in [-0.05, 0) is 44.1 Å². The molecule has 1 N–H and O–H groups in total. The first-order valence-corrected chi connectivity index (χ1v) is 10.5. The van der Waals surface area contributed by atoms with Gasteiger partial charge in [-0.15, -0.1) is 0 Å². The highest BCUT2D eigenvalue weighted by atomic mass is 35.5. The lowest BCUT2D eigenvalue weighted by Crippen LogP contribution is -2.30. The fourth-order valence-corrected chi connectivity index (χ4v) is 4.15. The van der Waals surface area contributed by atoms with Crippen molar-refractivity contribution in [3.05, 3.63) is 45.5 Å². The normalized spacial score (nSPS) is 22.4. The molecule has 3 unspecified atom stereocenters. The van der Waals surface area contributed by atoms with Crippen LogP contribution >= 0.6 is 11.6 Å². The molecule has 5 nitrogen and oxygen atoms in total. The third-order valence-corrected chi connectivity index (χ3v) is 6.36. The molecule has 0 aromatic heterocycles. The van der Waals surface area contributed by atoms with Gasteiger partial charge < -0.3 is 9.84 Å². The van der Waals surface area contributed by atoms with Crippen molar-refractivity contribution in [1.82, 2.24) is 0 Å². The van der Waals surface area contributed by atoms with Crippen LogP contribution in [0.4, 0.5) is 0 Å². The van der Waals surface area contributed by atoms with Gasteiger partial charge in [0.2, 0.25) is 0 Å². The molecule has 0 bridgehead atoms. The van der Waals surface area contributed by atoms with E-state index in [1.807, 2.05) is 26.0 Å². The van der Waals surface area contributed by atoms with Crippen molar-refractivity contribution in [3.63, 3.8) is 0 Å². The SMILES string of the molecule is CC(=O)Oc1c(Cl)c(C)c(C=O)c(O)c1C/C=C(C)\C=C\C1C(C)CCC(=O)C1C. The van der Waals surface area contributed by atoms with E-state index in [0.717, 1.165) is 12.0 Å². The fraction of sp³-hybridized carbons (Fsp3) is 0.458. The first-order valence-electron chi connectivity index (χ1n) is 10.1. The van der Waals surface area contributed by atoms with E-state index >= 15 is 0 Å². The highest BCUT2D eigenvalue weighted by molar-refractivity contribution is 6.33. The number of halogens is 1. The van der Waals surface area contributed by atoms with Crippen molar-refractivity contribution in [2.24, 2.45) is 17.8 Å². The number of ketones is 1. The van der Waals surface area contributed by atoms with Crippen LogP contribution in [0.3, 0.4) is 0 Å². The van der Waals surface area contributed by atoms with Crippen LogP contribution in [0.5, 0.6) is 11.5 Å². The number of Topliss-reactive ketones (excluding diaryl/α,β-unsaturated/α-hetero) is 1.